The molecule has 2 rings (SSSR count). The van der Waals surface area contributed by atoms with Gasteiger partial charge in [0.15, 0.2) is 17.0 Å². The molecule has 0 aliphatic rings. The summed E-state index contributed by atoms with van der Waals surface area (Å²) in [6, 6.07) is 0. The van der Waals surface area contributed by atoms with Crippen molar-refractivity contribution < 1.29 is 0 Å². The quantitative estimate of drug-likeness (QED) is 0.810. The third-order valence-corrected chi connectivity index (χ3v) is 2.08. The van der Waals surface area contributed by atoms with Gasteiger partial charge in [-0.3, -0.25) is 0 Å². The van der Waals surface area contributed by atoms with Gasteiger partial charge in [0, 0.05) is 13.1 Å². The highest BCUT2D eigenvalue weighted by molar-refractivity contribution is 5.81. The highest BCUT2D eigenvalue weighted by Gasteiger charge is 2.09. The average Bonchev–Trinajstić information content (AvgIpc) is 2.64. The fourth-order valence-electron chi connectivity index (χ4n) is 1.45. The van der Waals surface area contributed by atoms with Crippen molar-refractivity contribution in [3.8, 4) is 0 Å². The SMILES string of the molecule is CCCn1nnc2c(NCC)ncnc21. The van der Waals surface area contributed by atoms with Crippen LogP contribution in [-0.2, 0) is 6.54 Å². The van der Waals surface area contributed by atoms with Gasteiger partial charge >= 0.3 is 0 Å². The van der Waals surface area contributed by atoms with Crippen LogP contribution in [0, 0.1) is 0 Å². The molecule has 0 saturated heterocycles. The molecule has 0 aliphatic carbocycles. The van der Waals surface area contributed by atoms with Gasteiger partial charge in [-0.2, -0.15) is 0 Å². The van der Waals surface area contributed by atoms with Crippen molar-refractivity contribution in [2.45, 2.75) is 26.8 Å². The van der Waals surface area contributed by atoms with Crippen LogP contribution in [0.4, 0.5) is 5.82 Å². The maximum absolute atomic E-state index is 4.19. The molecule has 0 fully saturated rings. The number of aromatic nitrogens is 5. The summed E-state index contributed by atoms with van der Waals surface area (Å²) in [6.07, 6.45) is 2.55. The molecule has 2 heterocycles. The van der Waals surface area contributed by atoms with Crippen LogP contribution in [0.25, 0.3) is 11.2 Å². The molecule has 6 nitrogen and oxygen atoms in total. The zero-order valence-corrected chi connectivity index (χ0v) is 8.93. The summed E-state index contributed by atoms with van der Waals surface area (Å²) < 4.78 is 1.80. The molecule has 80 valence electrons. The Bertz CT molecular complexity index is 449. The van der Waals surface area contributed by atoms with Crippen LogP contribution in [0.1, 0.15) is 20.3 Å². The largest absolute Gasteiger partial charge is 0.368 e. The van der Waals surface area contributed by atoms with Gasteiger partial charge in [0.1, 0.15) is 6.33 Å². The van der Waals surface area contributed by atoms with Gasteiger partial charge in [-0.1, -0.05) is 12.1 Å². The molecule has 0 unspecified atom stereocenters. The van der Waals surface area contributed by atoms with Crippen molar-refractivity contribution in [1.29, 1.82) is 0 Å². The summed E-state index contributed by atoms with van der Waals surface area (Å²) in [7, 11) is 0. The van der Waals surface area contributed by atoms with Crippen molar-refractivity contribution >= 4 is 17.0 Å². The molecule has 0 bridgehead atoms. The lowest BCUT2D eigenvalue weighted by molar-refractivity contribution is 0.591. The van der Waals surface area contributed by atoms with Crippen LogP contribution in [0.15, 0.2) is 6.33 Å². The molecule has 6 heteroatoms. The second-order valence-electron chi connectivity index (χ2n) is 3.24. The van der Waals surface area contributed by atoms with Gasteiger partial charge in [-0.25, -0.2) is 14.6 Å². The highest BCUT2D eigenvalue weighted by atomic mass is 15.4. The predicted molar refractivity (Wildman–Crippen MR) is 57.6 cm³/mol. The summed E-state index contributed by atoms with van der Waals surface area (Å²) >= 11 is 0. The maximum Gasteiger partial charge on any atom is 0.183 e. The molecule has 0 radical (unpaired) electrons. The summed E-state index contributed by atoms with van der Waals surface area (Å²) in [5.41, 5.74) is 1.54. The molecular formula is C9H14N6. The van der Waals surface area contributed by atoms with E-state index < -0.39 is 0 Å². The van der Waals surface area contributed by atoms with E-state index in [1.165, 1.54) is 6.33 Å². The average molecular weight is 206 g/mol. The summed E-state index contributed by atoms with van der Waals surface area (Å²) in [5, 5.41) is 11.3. The monoisotopic (exact) mass is 206 g/mol. The second kappa shape index (κ2) is 4.20. The van der Waals surface area contributed by atoms with Gasteiger partial charge < -0.3 is 5.32 Å². The van der Waals surface area contributed by atoms with Gasteiger partial charge in [-0.05, 0) is 13.3 Å². The topological polar surface area (TPSA) is 68.5 Å². The molecule has 2 aromatic rings. The Morgan fingerprint density at radius 1 is 1.33 bits per heavy atom. The molecule has 15 heavy (non-hydrogen) atoms. The lowest BCUT2D eigenvalue weighted by atomic mass is 10.4. The number of hydrogen-bond acceptors (Lipinski definition) is 5. The number of hydrogen-bond donors (Lipinski definition) is 1. The van der Waals surface area contributed by atoms with E-state index in [1.54, 1.807) is 4.68 Å². The Morgan fingerprint density at radius 3 is 2.93 bits per heavy atom. The lowest BCUT2D eigenvalue weighted by Crippen LogP contribution is -2.02. The van der Waals surface area contributed by atoms with Crippen molar-refractivity contribution in [2.75, 3.05) is 11.9 Å². The molecule has 0 aromatic carbocycles. The van der Waals surface area contributed by atoms with Gasteiger partial charge in [0.2, 0.25) is 0 Å². The third kappa shape index (κ3) is 1.74. The van der Waals surface area contributed by atoms with Gasteiger partial charge in [-0.15, -0.1) is 5.10 Å². The number of anilines is 1. The van der Waals surface area contributed by atoms with E-state index in [0.717, 1.165) is 36.5 Å². The van der Waals surface area contributed by atoms with E-state index in [1.807, 2.05) is 6.92 Å². The summed E-state index contributed by atoms with van der Waals surface area (Å²) in [5.74, 6) is 0.754. The van der Waals surface area contributed by atoms with Crippen LogP contribution in [0.3, 0.4) is 0 Å². The third-order valence-electron chi connectivity index (χ3n) is 2.08. The highest BCUT2D eigenvalue weighted by Crippen LogP contribution is 2.15. The molecule has 0 amide bonds. The van der Waals surface area contributed by atoms with Crippen LogP contribution in [-0.4, -0.2) is 31.5 Å². The number of rotatable bonds is 4. The van der Waals surface area contributed by atoms with E-state index in [-0.39, 0.29) is 0 Å². The predicted octanol–water partition coefficient (Wildman–Crippen LogP) is 1.06. The van der Waals surface area contributed by atoms with Crippen molar-refractivity contribution in [1.82, 2.24) is 25.0 Å². The van der Waals surface area contributed by atoms with Crippen molar-refractivity contribution in [2.24, 2.45) is 0 Å². The standard InChI is InChI=1S/C9H14N6/c1-3-5-15-9-7(13-14-15)8(10-4-2)11-6-12-9/h6H,3-5H2,1-2H3,(H,10,11,12). The van der Waals surface area contributed by atoms with E-state index in [9.17, 15) is 0 Å². The number of nitrogens with zero attached hydrogens (tertiary/aromatic N) is 5. The van der Waals surface area contributed by atoms with Crippen LogP contribution < -0.4 is 5.32 Å². The number of fused-ring (bicyclic) bond motifs is 1. The summed E-state index contributed by atoms with van der Waals surface area (Å²) in [4.78, 5) is 8.32. The number of nitrogens with one attached hydrogen (secondary N) is 1. The Kier molecular flexibility index (Phi) is 2.75. The van der Waals surface area contributed by atoms with Gasteiger partial charge in [0.25, 0.3) is 0 Å². The molecule has 1 N–H and O–H groups in total. The smallest absolute Gasteiger partial charge is 0.183 e. The minimum atomic E-state index is 0.743. The second-order valence-corrected chi connectivity index (χ2v) is 3.24. The molecule has 0 saturated carbocycles. The fraction of sp³-hybridized carbons (Fsp3) is 0.556. The lowest BCUT2D eigenvalue weighted by Gasteiger charge is -2.01. The minimum absolute atomic E-state index is 0.743. The molecule has 0 spiro atoms. The normalized spacial score (nSPS) is 10.8. The Labute approximate surface area is 87.7 Å². The van der Waals surface area contributed by atoms with Crippen molar-refractivity contribution in [3.63, 3.8) is 0 Å². The van der Waals surface area contributed by atoms with Crippen LogP contribution >= 0.6 is 0 Å². The minimum Gasteiger partial charge on any atom is -0.368 e. The first kappa shape index (κ1) is 9.82. The molecule has 2 aromatic heterocycles. The zero-order chi connectivity index (χ0) is 10.7. The summed E-state index contributed by atoms with van der Waals surface area (Å²) in [6.45, 7) is 5.76. The zero-order valence-electron chi connectivity index (χ0n) is 8.93. The Balaban J connectivity index is 2.48. The fourth-order valence-corrected chi connectivity index (χ4v) is 1.45. The van der Waals surface area contributed by atoms with Crippen LogP contribution in [0.2, 0.25) is 0 Å². The van der Waals surface area contributed by atoms with Crippen LogP contribution in [0.5, 0.6) is 0 Å². The first-order chi connectivity index (χ1) is 7.36. The molecule has 0 aliphatic heterocycles. The van der Waals surface area contributed by atoms with E-state index >= 15 is 0 Å². The van der Waals surface area contributed by atoms with E-state index in [4.69, 9.17) is 0 Å². The van der Waals surface area contributed by atoms with E-state index in [0.29, 0.717) is 0 Å². The van der Waals surface area contributed by atoms with Gasteiger partial charge in [0.05, 0.1) is 0 Å². The molecular weight excluding hydrogens is 192 g/mol. The van der Waals surface area contributed by atoms with E-state index in [2.05, 4.69) is 32.5 Å². The molecule has 0 atom stereocenters. The Morgan fingerprint density at radius 2 is 2.20 bits per heavy atom. The maximum atomic E-state index is 4.19. The Hall–Kier alpha value is -1.72. The first-order valence-electron chi connectivity index (χ1n) is 5.14. The number of aryl methyl sites for hydroxylation is 1. The first-order valence-corrected chi connectivity index (χ1v) is 5.14. The van der Waals surface area contributed by atoms with Crippen molar-refractivity contribution in [3.05, 3.63) is 6.33 Å².